The fourth-order valence-electron chi connectivity index (χ4n) is 1.72. The van der Waals surface area contributed by atoms with Crippen LogP contribution in [0.1, 0.15) is 34.7 Å². The van der Waals surface area contributed by atoms with Gasteiger partial charge in [0.05, 0.1) is 24.6 Å². The van der Waals surface area contributed by atoms with Gasteiger partial charge >= 0.3 is 0 Å². The highest BCUT2D eigenvalue weighted by atomic mass is 35.5. The minimum Gasteiger partial charge on any atom is -0.344 e. The molecule has 2 rings (SSSR count). The van der Waals surface area contributed by atoms with Crippen LogP contribution in [0.3, 0.4) is 0 Å². The van der Waals surface area contributed by atoms with E-state index < -0.39 is 0 Å². The molecule has 2 aromatic rings. The summed E-state index contributed by atoms with van der Waals surface area (Å²) in [5, 5.41) is 7.25. The minimum atomic E-state index is -0.292. The van der Waals surface area contributed by atoms with Gasteiger partial charge in [0, 0.05) is 18.3 Å². The topological polar surface area (TPSA) is 72.7 Å². The van der Waals surface area contributed by atoms with Crippen LogP contribution in [0.4, 0.5) is 0 Å². The van der Waals surface area contributed by atoms with Crippen molar-refractivity contribution in [1.82, 2.24) is 25.1 Å². The molecule has 100 valence electrons. The second kappa shape index (κ2) is 5.36. The monoisotopic (exact) mass is 279 g/mol. The Morgan fingerprint density at radius 2 is 2.11 bits per heavy atom. The third-order valence-electron chi connectivity index (χ3n) is 2.94. The Balaban J connectivity index is 2.10. The maximum Gasteiger partial charge on any atom is 0.271 e. The Labute approximate surface area is 115 Å². The van der Waals surface area contributed by atoms with E-state index in [4.69, 9.17) is 11.6 Å². The molecule has 0 radical (unpaired) electrons. The third-order valence-corrected chi connectivity index (χ3v) is 3.14. The van der Waals surface area contributed by atoms with Crippen molar-refractivity contribution in [3.63, 3.8) is 0 Å². The van der Waals surface area contributed by atoms with Gasteiger partial charge in [-0.05, 0) is 13.8 Å². The van der Waals surface area contributed by atoms with E-state index in [1.54, 1.807) is 10.9 Å². The van der Waals surface area contributed by atoms with E-state index in [2.05, 4.69) is 20.4 Å². The molecule has 0 aliphatic carbocycles. The molecule has 19 heavy (non-hydrogen) atoms. The minimum absolute atomic E-state index is 0.154. The van der Waals surface area contributed by atoms with Gasteiger partial charge in [-0.25, -0.2) is 9.97 Å². The third kappa shape index (κ3) is 2.90. The van der Waals surface area contributed by atoms with E-state index in [0.717, 1.165) is 11.3 Å². The number of hydrogen-bond donors (Lipinski definition) is 1. The van der Waals surface area contributed by atoms with Crippen LogP contribution < -0.4 is 5.32 Å². The summed E-state index contributed by atoms with van der Waals surface area (Å²) in [5.41, 5.74) is 2.21. The lowest BCUT2D eigenvalue weighted by atomic mass is 10.1. The highest BCUT2D eigenvalue weighted by Gasteiger charge is 2.16. The van der Waals surface area contributed by atoms with Gasteiger partial charge in [-0.1, -0.05) is 11.6 Å². The summed E-state index contributed by atoms with van der Waals surface area (Å²) in [6.45, 7) is 3.85. The first-order chi connectivity index (χ1) is 8.99. The number of carbonyl (C=O) groups is 1. The summed E-state index contributed by atoms with van der Waals surface area (Å²) in [6, 6.07) is -0.154. The van der Waals surface area contributed by atoms with Crippen LogP contribution >= 0.6 is 11.6 Å². The SMILES string of the molecule is Cc1c(C(C)NC(=O)c2cnc(Cl)cn2)cnn1C. The fourth-order valence-corrected chi connectivity index (χ4v) is 1.82. The number of nitrogens with one attached hydrogen (secondary N) is 1. The van der Waals surface area contributed by atoms with Crippen molar-refractivity contribution in [2.24, 2.45) is 7.05 Å². The van der Waals surface area contributed by atoms with Crippen LogP contribution in [-0.2, 0) is 7.05 Å². The standard InChI is InChI=1S/C12H14ClN5O/c1-7(9-4-16-18(3)8(9)2)17-12(19)10-5-15-11(13)6-14-10/h4-7H,1-3H3,(H,17,19). The van der Waals surface area contributed by atoms with E-state index in [0.29, 0.717) is 0 Å². The zero-order valence-corrected chi connectivity index (χ0v) is 11.6. The molecule has 2 aromatic heterocycles. The Morgan fingerprint density at radius 3 is 2.63 bits per heavy atom. The average molecular weight is 280 g/mol. The summed E-state index contributed by atoms with van der Waals surface area (Å²) >= 11 is 5.63. The van der Waals surface area contributed by atoms with Gasteiger partial charge in [0.15, 0.2) is 0 Å². The summed E-state index contributed by atoms with van der Waals surface area (Å²) < 4.78 is 1.76. The maximum absolute atomic E-state index is 12.0. The van der Waals surface area contributed by atoms with Gasteiger partial charge in [-0.2, -0.15) is 5.10 Å². The van der Waals surface area contributed by atoms with Crippen molar-refractivity contribution in [2.75, 3.05) is 0 Å². The van der Waals surface area contributed by atoms with Gasteiger partial charge in [0.2, 0.25) is 0 Å². The molecule has 0 aliphatic rings. The Bertz CT molecular complexity index is 593. The molecule has 6 nitrogen and oxygen atoms in total. The molecular weight excluding hydrogens is 266 g/mol. The predicted octanol–water partition coefficient (Wildman–Crippen LogP) is 1.66. The number of hydrogen-bond acceptors (Lipinski definition) is 4. The van der Waals surface area contributed by atoms with E-state index >= 15 is 0 Å². The molecule has 0 saturated carbocycles. The van der Waals surface area contributed by atoms with Crippen molar-refractivity contribution in [2.45, 2.75) is 19.9 Å². The van der Waals surface area contributed by atoms with Crippen LogP contribution in [0.25, 0.3) is 0 Å². The molecule has 0 aliphatic heterocycles. The molecule has 1 unspecified atom stereocenters. The molecule has 0 bridgehead atoms. The molecule has 2 heterocycles. The van der Waals surface area contributed by atoms with Crippen molar-refractivity contribution < 1.29 is 4.79 Å². The number of carbonyl (C=O) groups excluding carboxylic acids is 1. The lowest BCUT2D eigenvalue weighted by molar-refractivity contribution is 0.0934. The number of nitrogens with zero attached hydrogens (tertiary/aromatic N) is 4. The summed E-state index contributed by atoms with van der Waals surface area (Å²) in [7, 11) is 1.86. The number of aromatic nitrogens is 4. The van der Waals surface area contributed by atoms with Crippen molar-refractivity contribution in [3.05, 3.63) is 40.7 Å². The first-order valence-electron chi connectivity index (χ1n) is 5.76. The average Bonchev–Trinajstić information content (AvgIpc) is 2.70. The quantitative estimate of drug-likeness (QED) is 0.927. The fraction of sp³-hybridized carbons (Fsp3) is 0.333. The van der Waals surface area contributed by atoms with Crippen LogP contribution in [-0.4, -0.2) is 25.7 Å². The first-order valence-corrected chi connectivity index (χ1v) is 6.13. The number of halogens is 1. The summed E-state index contributed by atoms with van der Waals surface area (Å²) in [4.78, 5) is 19.7. The van der Waals surface area contributed by atoms with E-state index in [1.165, 1.54) is 12.4 Å². The molecule has 0 aromatic carbocycles. The largest absolute Gasteiger partial charge is 0.344 e. The second-order valence-electron chi connectivity index (χ2n) is 4.23. The highest BCUT2D eigenvalue weighted by molar-refractivity contribution is 6.29. The molecule has 1 N–H and O–H groups in total. The van der Waals surface area contributed by atoms with Crippen molar-refractivity contribution in [1.29, 1.82) is 0 Å². The van der Waals surface area contributed by atoms with Gasteiger partial charge in [0.25, 0.3) is 5.91 Å². The van der Waals surface area contributed by atoms with Crippen LogP contribution in [0.2, 0.25) is 5.15 Å². The number of aryl methyl sites for hydroxylation is 1. The van der Waals surface area contributed by atoms with Gasteiger partial charge < -0.3 is 5.32 Å². The normalized spacial score (nSPS) is 12.2. The molecule has 7 heteroatoms. The molecular formula is C12H14ClN5O. The van der Waals surface area contributed by atoms with Gasteiger partial charge in [-0.3, -0.25) is 9.48 Å². The lowest BCUT2D eigenvalue weighted by Crippen LogP contribution is -2.27. The summed E-state index contributed by atoms with van der Waals surface area (Å²) in [6.07, 6.45) is 4.44. The number of amides is 1. The van der Waals surface area contributed by atoms with Crippen LogP contribution in [0, 0.1) is 6.92 Å². The zero-order valence-electron chi connectivity index (χ0n) is 10.9. The summed E-state index contributed by atoms with van der Waals surface area (Å²) in [5.74, 6) is -0.292. The Hall–Kier alpha value is -1.95. The van der Waals surface area contributed by atoms with Gasteiger partial charge in [-0.15, -0.1) is 0 Å². The molecule has 0 spiro atoms. The maximum atomic E-state index is 12.0. The molecule has 1 atom stereocenters. The van der Waals surface area contributed by atoms with Crippen molar-refractivity contribution in [3.8, 4) is 0 Å². The van der Waals surface area contributed by atoms with Crippen LogP contribution in [0.5, 0.6) is 0 Å². The first kappa shape index (κ1) is 13.5. The van der Waals surface area contributed by atoms with Gasteiger partial charge in [0.1, 0.15) is 10.8 Å². The van der Waals surface area contributed by atoms with E-state index in [1.807, 2.05) is 20.9 Å². The van der Waals surface area contributed by atoms with Crippen molar-refractivity contribution >= 4 is 17.5 Å². The smallest absolute Gasteiger partial charge is 0.271 e. The van der Waals surface area contributed by atoms with E-state index in [9.17, 15) is 4.79 Å². The molecule has 0 fully saturated rings. The zero-order chi connectivity index (χ0) is 14.0. The highest BCUT2D eigenvalue weighted by Crippen LogP contribution is 2.16. The Kier molecular flexibility index (Phi) is 3.80. The van der Waals surface area contributed by atoms with Crippen LogP contribution in [0.15, 0.2) is 18.6 Å². The number of rotatable bonds is 3. The predicted molar refractivity (Wildman–Crippen MR) is 70.9 cm³/mol. The lowest BCUT2D eigenvalue weighted by Gasteiger charge is -2.13. The molecule has 0 saturated heterocycles. The van der Waals surface area contributed by atoms with E-state index in [-0.39, 0.29) is 22.8 Å². The molecule has 1 amide bonds. The second-order valence-corrected chi connectivity index (χ2v) is 4.62. The Morgan fingerprint density at radius 1 is 1.37 bits per heavy atom.